The summed E-state index contributed by atoms with van der Waals surface area (Å²) in [4.78, 5) is 22.9. The predicted molar refractivity (Wildman–Crippen MR) is 55.1 cm³/mol. The first-order valence-corrected chi connectivity index (χ1v) is 4.88. The van der Waals surface area contributed by atoms with E-state index in [9.17, 15) is 9.59 Å². The molecule has 1 aromatic carbocycles. The van der Waals surface area contributed by atoms with E-state index in [1.807, 2.05) is 37.3 Å². The highest BCUT2D eigenvalue weighted by Crippen LogP contribution is 2.27. The van der Waals surface area contributed by atoms with E-state index in [1.54, 1.807) is 0 Å². The molecule has 4 nitrogen and oxygen atoms in total. The van der Waals surface area contributed by atoms with Gasteiger partial charge in [0, 0.05) is 0 Å². The van der Waals surface area contributed by atoms with Gasteiger partial charge in [0.2, 0.25) is 0 Å². The molecule has 1 aliphatic heterocycles. The van der Waals surface area contributed by atoms with Crippen molar-refractivity contribution in [3.8, 4) is 0 Å². The molecule has 1 saturated heterocycles. The van der Waals surface area contributed by atoms with E-state index in [2.05, 4.69) is 10.6 Å². The minimum absolute atomic E-state index is 0.277. The Hall–Kier alpha value is -1.84. The summed E-state index contributed by atoms with van der Waals surface area (Å²) in [6.45, 7) is 1.87. The maximum absolute atomic E-state index is 11.7. The molecule has 0 saturated carbocycles. The van der Waals surface area contributed by atoms with Crippen LogP contribution in [0.25, 0.3) is 0 Å². The van der Waals surface area contributed by atoms with Crippen LogP contribution in [-0.2, 0) is 10.3 Å². The summed E-state index contributed by atoms with van der Waals surface area (Å²) in [6.07, 6.45) is 0.536. The van der Waals surface area contributed by atoms with Crippen molar-refractivity contribution >= 4 is 11.9 Å². The van der Waals surface area contributed by atoms with Crippen molar-refractivity contribution in [2.75, 3.05) is 0 Å². The lowest BCUT2D eigenvalue weighted by Crippen LogP contribution is -2.43. The number of carbonyl (C=O) groups is 2. The molecular formula is C11H12N2O2. The van der Waals surface area contributed by atoms with Crippen molar-refractivity contribution in [2.45, 2.75) is 18.9 Å². The first kappa shape index (κ1) is 9.71. The lowest BCUT2D eigenvalue weighted by atomic mass is 9.68. The van der Waals surface area contributed by atoms with E-state index < -0.39 is 11.6 Å². The van der Waals surface area contributed by atoms with Gasteiger partial charge in [-0.05, 0) is 12.0 Å². The van der Waals surface area contributed by atoms with Crippen LogP contribution in [0.1, 0.15) is 18.9 Å². The molecule has 0 aliphatic carbocycles. The van der Waals surface area contributed by atoms with Crippen LogP contribution < -0.4 is 10.6 Å². The smallest absolute Gasteiger partial charge is 0.319 e. The lowest BCUT2D eigenvalue weighted by Gasteiger charge is -2.24. The van der Waals surface area contributed by atoms with E-state index in [0.717, 1.165) is 5.56 Å². The Morgan fingerprint density at radius 2 is 1.87 bits per heavy atom. The summed E-state index contributed by atoms with van der Waals surface area (Å²) in [5.74, 6) is -0.277. The van der Waals surface area contributed by atoms with Crippen LogP contribution in [0.2, 0.25) is 0 Å². The summed E-state index contributed by atoms with van der Waals surface area (Å²) >= 11 is 0. The van der Waals surface area contributed by atoms with Gasteiger partial charge in [0.25, 0.3) is 5.91 Å². The van der Waals surface area contributed by atoms with Gasteiger partial charge < -0.3 is 5.32 Å². The van der Waals surface area contributed by atoms with Crippen LogP contribution in [0, 0.1) is 0 Å². The van der Waals surface area contributed by atoms with Gasteiger partial charge in [0.05, 0.1) is 0 Å². The number of nitrogens with one attached hydrogen (secondary N) is 2. The van der Waals surface area contributed by atoms with Crippen LogP contribution in [0.5, 0.6) is 0 Å². The molecule has 1 aliphatic rings. The Balaban J connectivity index is 2.47. The number of benzene rings is 1. The van der Waals surface area contributed by atoms with Gasteiger partial charge in [-0.15, -0.1) is 0 Å². The van der Waals surface area contributed by atoms with Crippen molar-refractivity contribution in [3.05, 3.63) is 35.9 Å². The Bertz CT molecular complexity index is 402. The third-order valence-electron chi connectivity index (χ3n) is 2.74. The van der Waals surface area contributed by atoms with Gasteiger partial charge in [-0.1, -0.05) is 37.3 Å². The average Bonchev–Trinajstić information content (AvgIpc) is 2.56. The van der Waals surface area contributed by atoms with E-state index in [-0.39, 0.29) is 5.91 Å². The number of imide groups is 1. The highest BCUT2D eigenvalue weighted by Gasteiger charge is 2.45. The van der Waals surface area contributed by atoms with Crippen LogP contribution in [0.4, 0.5) is 4.79 Å². The fourth-order valence-electron chi connectivity index (χ4n) is 1.87. The van der Waals surface area contributed by atoms with Gasteiger partial charge in [-0.25, -0.2) is 4.79 Å². The quantitative estimate of drug-likeness (QED) is 0.708. The minimum atomic E-state index is -0.891. The normalized spacial score (nSPS) is 24.9. The van der Waals surface area contributed by atoms with Gasteiger partial charge in [-0.3, -0.25) is 10.1 Å². The second kappa shape index (κ2) is 3.38. The van der Waals surface area contributed by atoms with E-state index in [0.29, 0.717) is 6.42 Å². The number of hydrogen-bond acceptors (Lipinski definition) is 2. The summed E-state index contributed by atoms with van der Waals surface area (Å²) < 4.78 is 0. The Morgan fingerprint density at radius 1 is 1.20 bits per heavy atom. The fraction of sp³-hybridized carbons (Fsp3) is 0.273. The average molecular weight is 203 g/mol. The van der Waals surface area contributed by atoms with Crippen LogP contribution in [0.3, 0.4) is 0 Å². The number of amides is 3. The monoisotopic (exact) mass is 203 g/mol. The zero-order valence-electron chi connectivity index (χ0n) is 8.41. The molecule has 3 amide bonds. The zero-order valence-corrected chi connectivity index (χ0v) is 8.41. The van der Waals surface area contributed by atoms with Gasteiger partial charge in [0.1, 0.15) is 5.54 Å². The van der Waals surface area contributed by atoms with Crippen LogP contribution in [-0.4, -0.2) is 11.9 Å². The van der Waals surface area contributed by atoms with Crippen molar-refractivity contribution in [1.29, 1.82) is 0 Å². The molecule has 78 valence electrons. The standard InChI is InChI=1S/C11H12N2O2/c1-2-11(8-6-4-3-5-7-8)9(14)12-10(15)13-11/h3-7H,2H2,1H3,(H2,12,13,14,15)/i9-1. The highest BCUT2D eigenvalue weighted by atomic mass is 16.2. The van der Waals surface area contributed by atoms with Crippen molar-refractivity contribution in [2.24, 2.45) is 0 Å². The maximum atomic E-state index is 11.7. The zero-order chi connectivity index (χ0) is 10.9. The third-order valence-corrected chi connectivity index (χ3v) is 2.74. The molecule has 0 bridgehead atoms. The number of carbonyl (C=O) groups excluding carboxylic acids is 2. The fourth-order valence-corrected chi connectivity index (χ4v) is 1.87. The number of hydrogen-bond donors (Lipinski definition) is 2. The first-order valence-electron chi connectivity index (χ1n) is 4.88. The second-order valence-electron chi connectivity index (χ2n) is 3.53. The summed E-state index contributed by atoms with van der Waals surface area (Å²) in [5.41, 5.74) is -0.0749. The molecule has 1 unspecified atom stereocenters. The third kappa shape index (κ3) is 1.38. The molecule has 2 rings (SSSR count). The Labute approximate surface area is 87.7 Å². The molecular weight excluding hydrogens is 191 g/mol. The van der Waals surface area contributed by atoms with Gasteiger partial charge in [0.15, 0.2) is 0 Å². The second-order valence-corrected chi connectivity index (χ2v) is 3.53. The summed E-state index contributed by atoms with van der Waals surface area (Å²) in [5, 5.41) is 4.95. The predicted octanol–water partition coefficient (Wildman–Crippen LogP) is 1.13. The SMILES string of the molecule is CCC1(c2ccccc2)NC(=O)N[11C]1=O. The Morgan fingerprint density at radius 3 is 2.33 bits per heavy atom. The van der Waals surface area contributed by atoms with Crippen molar-refractivity contribution in [1.82, 2.24) is 10.6 Å². The molecule has 15 heavy (non-hydrogen) atoms. The van der Waals surface area contributed by atoms with E-state index in [1.165, 1.54) is 0 Å². The van der Waals surface area contributed by atoms with Crippen LogP contribution in [0.15, 0.2) is 30.3 Å². The molecule has 0 aromatic heterocycles. The van der Waals surface area contributed by atoms with Crippen molar-refractivity contribution < 1.29 is 9.59 Å². The maximum Gasteiger partial charge on any atom is 0.322 e. The molecule has 2 N–H and O–H groups in total. The van der Waals surface area contributed by atoms with Gasteiger partial charge in [-0.2, -0.15) is 0 Å². The molecule has 1 fully saturated rings. The van der Waals surface area contributed by atoms with E-state index in [4.69, 9.17) is 0 Å². The summed E-state index contributed by atoms with van der Waals surface area (Å²) in [6, 6.07) is 8.84. The van der Waals surface area contributed by atoms with Crippen molar-refractivity contribution in [3.63, 3.8) is 0 Å². The Kier molecular flexibility index (Phi) is 2.19. The molecule has 0 spiro atoms. The highest BCUT2D eigenvalue weighted by molar-refractivity contribution is 6.07. The number of urea groups is 1. The molecule has 1 aromatic rings. The minimum Gasteiger partial charge on any atom is -0.319 e. The first-order chi connectivity index (χ1) is 7.19. The largest absolute Gasteiger partial charge is 0.322 e. The molecule has 1 heterocycles. The topological polar surface area (TPSA) is 58.2 Å². The van der Waals surface area contributed by atoms with E-state index >= 15 is 0 Å². The molecule has 4 heteroatoms. The summed E-state index contributed by atoms with van der Waals surface area (Å²) in [7, 11) is 0. The molecule has 1 atom stereocenters. The molecule has 0 radical (unpaired) electrons. The number of rotatable bonds is 2. The lowest BCUT2D eigenvalue weighted by molar-refractivity contribution is -0.124. The van der Waals surface area contributed by atoms with Gasteiger partial charge >= 0.3 is 6.03 Å². The van der Waals surface area contributed by atoms with Crippen LogP contribution >= 0.6 is 0 Å².